The molecule has 0 heterocycles. The summed E-state index contributed by atoms with van der Waals surface area (Å²) >= 11 is 0. The molecule has 1 nitrogen and oxygen atoms in total. The van der Waals surface area contributed by atoms with Crippen molar-refractivity contribution < 1.29 is 5.11 Å². The van der Waals surface area contributed by atoms with Gasteiger partial charge in [0.15, 0.2) is 0 Å². The Labute approximate surface area is 50.3 Å². The Morgan fingerprint density at radius 2 is 2.38 bits per heavy atom. The van der Waals surface area contributed by atoms with Crippen molar-refractivity contribution in [3.63, 3.8) is 0 Å². The molecule has 0 aromatic rings. The van der Waals surface area contributed by atoms with Crippen LogP contribution in [0.4, 0.5) is 0 Å². The van der Waals surface area contributed by atoms with Gasteiger partial charge in [-0.05, 0) is 11.5 Å². The van der Waals surface area contributed by atoms with Crippen molar-refractivity contribution >= 4 is 0 Å². The SMILES string of the molecule is C=CC(C)C(=C)CO. The van der Waals surface area contributed by atoms with Gasteiger partial charge < -0.3 is 5.11 Å². The second kappa shape index (κ2) is 3.44. The van der Waals surface area contributed by atoms with Crippen LogP contribution >= 0.6 is 0 Å². The van der Waals surface area contributed by atoms with E-state index < -0.39 is 0 Å². The van der Waals surface area contributed by atoms with Gasteiger partial charge in [-0.25, -0.2) is 0 Å². The maximum Gasteiger partial charge on any atom is 0.0644 e. The van der Waals surface area contributed by atoms with Crippen molar-refractivity contribution in [2.45, 2.75) is 6.92 Å². The molecule has 0 saturated heterocycles. The summed E-state index contributed by atoms with van der Waals surface area (Å²) < 4.78 is 0. The quantitative estimate of drug-likeness (QED) is 0.546. The zero-order valence-electron chi connectivity index (χ0n) is 5.22. The Bertz CT molecular complexity index is 94.6. The monoisotopic (exact) mass is 112 g/mol. The number of rotatable bonds is 3. The predicted molar refractivity (Wildman–Crippen MR) is 35.6 cm³/mol. The maximum atomic E-state index is 8.49. The third-order valence-corrected chi connectivity index (χ3v) is 1.20. The van der Waals surface area contributed by atoms with E-state index in [4.69, 9.17) is 5.11 Å². The maximum absolute atomic E-state index is 8.49. The summed E-state index contributed by atoms with van der Waals surface area (Å²) in [5.41, 5.74) is 0.819. The summed E-state index contributed by atoms with van der Waals surface area (Å²) in [7, 11) is 0. The molecular weight excluding hydrogens is 100 g/mol. The summed E-state index contributed by atoms with van der Waals surface area (Å²) in [6.45, 7) is 9.19. The minimum atomic E-state index is 0.0627. The summed E-state index contributed by atoms with van der Waals surface area (Å²) in [5.74, 6) is 0.236. The van der Waals surface area contributed by atoms with Crippen LogP contribution in [0.1, 0.15) is 6.92 Å². The standard InChI is InChI=1S/C7H12O/c1-4-6(2)7(3)5-8/h4,6,8H,1,3,5H2,2H3. The number of aliphatic hydroxyl groups is 1. The van der Waals surface area contributed by atoms with Crippen LogP contribution in [0.3, 0.4) is 0 Å². The van der Waals surface area contributed by atoms with E-state index in [0.717, 1.165) is 5.57 Å². The van der Waals surface area contributed by atoms with Crippen LogP contribution in [0.2, 0.25) is 0 Å². The third-order valence-electron chi connectivity index (χ3n) is 1.20. The highest BCUT2D eigenvalue weighted by atomic mass is 16.3. The molecule has 0 aromatic carbocycles. The van der Waals surface area contributed by atoms with Crippen LogP contribution in [-0.4, -0.2) is 11.7 Å². The molecule has 0 saturated carbocycles. The highest BCUT2D eigenvalue weighted by molar-refractivity contribution is 5.05. The van der Waals surface area contributed by atoms with Crippen LogP contribution in [0.25, 0.3) is 0 Å². The molecule has 1 atom stereocenters. The second-order valence-electron chi connectivity index (χ2n) is 1.84. The molecule has 0 spiro atoms. The van der Waals surface area contributed by atoms with Gasteiger partial charge in [0.2, 0.25) is 0 Å². The van der Waals surface area contributed by atoms with Crippen LogP contribution in [0.5, 0.6) is 0 Å². The number of allylic oxidation sites excluding steroid dienone is 1. The molecule has 1 unspecified atom stereocenters. The van der Waals surface area contributed by atoms with Gasteiger partial charge in [0.25, 0.3) is 0 Å². The average Bonchev–Trinajstić information content (AvgIpc) is 1.84. The van der Waals surface area contributed by atoms with E-state index in [1.54, 1.807) is 6.08 Å². The van der Waals surface area contributed by atoms with E-state index >= 15 is 0 Å². The van der Waals surface area contributed by atoms with Crippen molar-refractivity contribution in [1.29, 1.82) is 0 Å². The summed E-state index contributed by atoms with van der Waals surface area (Å²) in [4.78, 5) is 0. The first-order chi connectivity index (χ1) is 3.72. The van der Waals surface area contributed by atoms with E-state index in [1.165, 1.54) is 0 Å². The van der Waals surface area contributed by atoms with E-state index in [2.05, 4.69) is 13.2 Å². The van der Waals surface area contributed by atoms with Gasteiger partial charge in [-0.3, -0.25) is 0 Å². The molecule has 0 fully saturated rings. The minimum Gasteiger partial charge on any atom is -0.392 e. The molecule has 0 amide bonds. The highest BCUT2D eigenvalue weighted by Crippen LogP contribution is 2.06. The molecule has 1 heteroatoms. The lowest BCUT2D eigenvalue weighted by molar-refractivity contribution is 0.322. The fraction of sp³-hybridized carbons (Fsp3) is 0.429. The topological polar surface area (TPSA) is 20.2 Å². The molecule has 0 aromatic heterocycles. The highest BCUT2D eigenvalue weighted by Gasteiger charge is 1.97. The Balaban J connectivity index is 3.62. The van der Waals surface area contributed by atoms with Crippen molar-refractivity contribution in [1.82, 2.24) is 0 Å². The Kier molecular flexibility index (Phi) is 3.20. The molecule has 8 heavy (non-hydrogen) atoms. The van der Waals surface area contributed by atoms with E-state index in [9.17, 15) is 0 Å². The average molecular weight is 112 g/mol. The summed E-state index contributed by atoms with van der Waals surface area (Å²) in [5, 5.41) is 8.49. The number of hydrogen-bond donors (Lipinski definition) is 1. The van der Waals surface area contributed by atoms with Gasteiger partial charge in [-0.15, -0.1) is 6.58 Å². The number of hydrogen-bond acceptors (Lipinski definition) is 1. The largest absolute Gasteiger partial charge is 0.392 e. The van der Waals surface area contributed by atoms with Gasteiger partial charge in [0.05, 0.1) is 6.61 Å². The van der Waals surface area contributed by atoms with Crippen LogP contribution < -0.4 is 0 Å². The molecule has 0 aliphatic heterocycles. The molecule has 46 valence electrons. The summed E-state index contributed by atoms with van der Waals surface area (Å²) in [6, 6.07) is 0. The van der Waals surface area contributed by atoms with Crippen molar-refractivity contribution in [2.75, 3.05) is 6.61 Å². The predicted octanol–water partition coefficient (Wildman–Crippen LogP) is 1.36. The fourth-order valence-corrected chi connectivity index (χ4v) is 0.311. The molecule has 0 aliphatic rings. The lowest BCUT2D eigenvalue weighted by Crippen LogP contribution is -1.97. The van der Waals surface area contributed by atoms with Crippen molar-refractivity contribution in [3.8, 4) is 0 Å². The molecule has 0 bridgehead atoms. The molecule has 1 N–H and O–H groups in total. The van der Waals surface area contributed by atoms with Gasteiger partial charge in [-0.1, -0.05) is 19.6 Å². The number of aliphatic hydroxyl groups excluding tert-OH is 1. The lowest BCUT2D eigenvalue weighted by atomic mass is 10.0. The van der Waals surface area contributed by atoms with Gasteiger partial charge in [0.1, 0.15) is 0 Å². The van der Waals surface area contributed by atoms with Crippen LogP contribution in [0, 0.1) is 5.92 Å². The zero-order chi connectivity index (χ0) is 6.57. The smallest absolute Gasteiger partial charge is 0.0644 e. The zero-order valence-corrected chi connectivity index (χ0v) is 5.22. The molecule has 0 radical (unpaired) electrons. The Morgan fingerprint density at radius 3 is 2.50 bits per heavy atom. The lowest BCUT2D eigenvalue weighted by Gasteiger charge is -2.04. The first-order valence-electron chi connectivity index (χ1n) is 2.63. The molecular formula is C7H12O. The Morgan fingerprint density at radius 1 is 1.88 bits per heavy atom. The second-order valence-corrected chi connectivity index (χ2v) is 1.84. The van der Waals surface area contributed by atoms with Crippen molar-refractivity contribution in [3.05, 3.63) is 24.8 Å². The van der Waals surface area contributed by atoms with E-state index in [-0.39, 0.29) is 12.5 Å². The minimum absolute atomic E-state index is 0.0627. The fourth-order valence-electron chi connectivity index (χ4n) is 0.311. The van der Waals surface area contributed by atoms with Gasteiger partial charge in [-0.2, -0.15) is 0 Å². The van der Waals surface area contributed by atoms with E-state index in [1.807, 2.05) is 6.92 Å². The summed E-state index contributed by atoms with van der Waals surface area (Å²) in [6.07, 6.45) is 1.76. The van der Waals surface area contributed by atoms with E-state index in [0.29, 0.717) is 0 Å². The van der Waals surface area contributed by atoms with Gasteiger partial charge >= 0.3 is 0 Å². The first-order valence-corrected chi connectivity index (χ1v) is 2.63. The van der Waals surface area contributed by atoms with Crippen molar-refractivity contribution in [2.24, 2.45) is 5.92 Å². The Hall–Kier alpha value is -0.560. The molecule has 0 rings (SSSR count). The normalized spacial score (nSPS) is 12.8. The molecule has 0 aliphatic carbocycles. The first kappa shape index (κ1) is 7.44. The van der Waals surface area contributed by atoms with Crippen LogP contribution in [-0.2, 0) is 0 Å². The van der Waals surface area contributed by atoms with Gasteiger partial charge in [0, 0.05) is 0 Å². The third kappa shape index (κ3) is 1.94. The van der Waals surface area contributed by atoms with Crippen LogP contribution in [0.15, 0.2) is 24.8 Å².